The van der Waals surface area contributed by atoms with Crippen molar-refractivity contribution in [2.45, 2.75) is 26.3 Å². The molecule has 2 aromatic rings. The number of halogens is 1. The van der Waals surface area contributed by atoms with Gasteiger partial charge in [-0.05, 0) is 55.8 Å². The highest BCUT2D eigenvalue weighted by Crippen LogP contribution is 2.38. The summed E-state index contributed by atoms with van der Waals surface area (Å²) in [6.45, 7) is 4.10. The van der Waals surface area contributed by atoms with Crippen molar-refractivity contribution >= 4 is 23.2 Å². The first kappa shape index (κ1) is 17.0. The zero-order chi connectivity index (χ0) is 18.1. The van der Waals surface area contributed by atoms with Gasteiger partial charge in [0.25, 0.3) is 5.91 Å². The van der Waals surface area contributed by atoms with Gasteiger partial charge in [0.15, 0.2) is 0 Å². The summed E-state index contributed by atoms with van der Waals surface area (Å²) in [5, 5.41) is 9.41. The zero-order valence-electron chi connectivity index (χ0n) is 14.1. The van der Waals surface area contributed by atoms with Crippen molar-refractivity contribution in [3.05, 3.63) is 53.8 Å². The molecule has 1 aliphatic heterocycles. The molecule has 0 spiro atoms. The normalized spacial score (nSPS) is 16.8. The fraction of sp³-hybridized carbons (Fsp3) is 0.263. The largest absolute Gasteiger partial charge is 0.508 e. The smallest absolute Gasteiger partial charge is 0.259 e. The van der Waals surface area contributed by atoms with Crippen LogP contribution in [-0.2, 0) is 4.79 Å². The summed E-state index contributed by atoms with van der Waals surface area (Å²) in [4.78, 5) is 28.8. The minimum atomic E-state index is -0.699. The molecule has 0 saturated carbocycles. The van der Waals surface area contributed by atoms with Crippen molar-refractivity contribution in [1.29, 1.82) is 0 Å². The maximum absolute atomic E-state index is 13.9. The highest BCUT2D eigenvalue weighted by molar-refractivity contribution is 6.17. The molecule has 1 aliphatic rings. The molecule has 0 radical (unpaired) electrons. The predicted molar refractivity (Wildman–Crippen MR) is 93.4 cm³/mol. The number of hydrogen-bond donors (Lipinski definition) is 1. The molecule has 0 unspecified atom stereocenters. The molecule has 6 heteroatoms. The Kier molecular flexibility index (Phi) is 4.44. The molecule has 1 atom stereocenters. The van der Waals surface area contributed by atoms with Crippen molar-refractivity contribution in [2.24, 2.45) is 0 Å². The van der Waals surface area contributed by atoms with E-state index in [2.05, 4.69) is 0 Å². The van der Waals surface area contributed by atoms with Crippen molar-refractivity contribution in [3.8, 4) is 5.75 Å². The van der Waals surface area contributed by atoms with Crippen LogP contribution in [0.3, 0.4) is 0 Å². The zero-order valence-corrected chi connectivity index (χ0v) is 14.1. The molecule has 0 aromatic heterocycles. The van der Waals surface area contributed by atoms with Gasteiger partial charge in [0.2, 0.25) is 5.91 Å². The molecular formula is C19H19FN2O3. The van der Waals surface area contributed by atoms with E-state index in [1.807, 2.05) is 13.8 Å². The number of benzene rings is 2. The van der Waals surface area contributed by atoms with Crippen molar-refractivity contribution in [2.75, 3.05) is 16.3 Å². The Morgan fingerprint density at radius 2 is 1.80 bits per heavy atom. The first-order valence-corrected chi connectivity index (χ1v) is 8.21. The number of phenolic OH excluding ortho intramolecular Hbond substituents is 1. The first-order chi connectivity index (χ1) is 12.0. The number of hydrogen-bond acceptors (Lipinski definition) is 3. The number of carbonyl (C=O) groups is 2. The molecule has 0 aliphatic carbocycles. The van der Waals surface area contributed by atoms with E-state index in [1.54, 1.807) is 4.90 Å². The summed E-state index contributed by atoms with van der Waals surface area (Å²) in [6, 6.07) is 9.18. The lowest BCUT2D eigenvalue weighted by Gasteiger charge is -2.41. The summed E-state index contributed by atoms with van der Waals surface area (Å²) in [6.07, 6.45) is 0.412. The van der Waals surface area contributed by atoms with Crippen LogP contribution >= 0.6 is 0 Å². The molecule has 1 N–H and O–H groups in total. The van der Waals surface area contributed by atoms with Gasteiger partial charge >= 0.3 is 0 Å². The maximum atomic E-state index is 13.9. The van der Waals surface area contributed by atoms with Crippen LogP contribution in [0.5, 0.6) is 5.75 Å². The summed E-state index contributed by atoms with van der Waals surface area (Å²) in [7, 11) is 0. The SMILES string of the molecule is CC[C@@H]1C(=O)N(CC)c2ccc(F)cc2N1C(=O)c1ccc(O)cc1. The van der Waals surface area contributed by atoms with E-state index < -0.39 is 17.8 Å². The van der Waals surface area contributed by atoms with E-state index in [-0.39, 0.29) is 11.7 Å². The minimum absolute atomic E-state index is 0.0434. The van der Waals surface area contributed by atoms with Gasteiger partial charge in [0, 0.05) is 12.1 Å². The monoisotopic (exact) mass is 342 g/mol. The van der Waals surface area contributed by atoms with Gasteiger partial charge < -0.3 is 10.0 Å². The lowest BCUT2D eigenvalue weighted by atomic mass is 10.0. The molecule has 130 valence electrons. The van der Waals surface area contributed by atoms with Crippen molar-refractivity contribution in [3.63, 3.8) is 0 Å². The van der Waals surface area contributed by atoms with Crippen LogP contribution in [-0.4, -0.2) is 29.5 Å². The Bertz CT molecular complexity index is 820. The standard InChI is InChI=1S/C19H19FN2O3/c1-3-15-19(25)21(4-2)16-10-7-13(20)11-17(16)22(15)18(24)12-5-8-14(23)9-6-12/h5-11,15,23H,3-4H2,1-2H3/t15-/m1/s1. The van der Waals surface area contributed by atoms with E-state index >= 15 is 0 Å². The summed E-state index contributed by atoms with van der Waals surface area (Å²) in [5.74, 6) is -1.01. The Labute approximate surface area is 145 Å². The minimum Gasteiger partial charge on any atom is -0.508 e. The Balaban J connectivity index is 2.15. The Morgan fingerprint density at radius 1 is 1.12 bits per heavy atom. The highest BCUT2D eigenvalue weighted by atomic mass is 19.1. The van der Waals surface area contributed by atoms with E-state index in [9.17, 15) is 19.1 Å². The van der Waals surface area contributed by atoms with Crippen molar-refractivity contribution < 1.29 is 19.1 Å². The summed E-state index contributed by atoms with van der Waals surface area (Å²) >= 11 is 0. The summed E-state index contributed by atoms with van der Waals surface area (Å²) < 4.78 is 13.9. The van der Waals surface area contributed by atoms with Crippen LogP contribution in [0.25, 0.3) is 0 Å². The molecule has 0 saturated heterocycles. The van der Waals surface area contributed by atoms with Crippen LogP contribution in [0.2, 0.25) is 0 Å². The number of carbonyl (C=O) groups excluding carboxylic acids is 2. The Hall–Kier alpha value is -2.89. The number of likely N-dealkylation sites (N-methyl/N-ethyl adjacent to an activating group) is 1. The number of amides is 2. The number of nitrogens with zero attached hydrogens (tertiary/aromatic N) is 2. The second kappa shape index (κ2) is 6.55. The van der Waals surface area contributed by atoms with Gasteiger partial charge in [-0.2, -0.15) is 0 Å². The van der Waals surface area contributed by atoms with E-state index in [0.717, 1.165) is 0 Å². The first-order valence-electron chi connectivity index (χ1n) is 8.21. The van der Waals surface area contributed by atoms with Crippen LogP contribution < -0.4 is 9.80 Å². The van der Waals surface area contributed by atoms with Crippen LogP contribution in [0, 0.1) is 5.82 Å². The third kappa shape index (κ3) is 2.84. The Morgan fingerprint density at radius 3 is 2.40 bits per heavy atom. The highest BCUT2D eigenvalue weighted by Gasteiger charge is 2.40. The topological polar surface area (TPSA) is 60.9 Å². The van der Waals surface area contributed by atoms with E-state index in [0.29, 0.717) is 29.9 Å². The number of aromatic hydroxyl groups is 1. The number of rotatable bonds is 3. The second-order valence-corrected chi connectivity index (χ2v) is 5.86. The predicted octanol–water partition coefficient (Wildman–Crippen LogP) is 3.32. The molecule has 25 heavy (non-hydrogen) atoms. The molecule has 1 heterocycles. The number of anilines is 2. The van der Waals surface area contributed by atoms with Gasteiger partial charge in [-0.25, -0.2) is 4.39 Å². The fourth-order valence-electron chi connectivity index (χ4n) is 3.17. The van der Waals surface area contributed by atoms with E-state index in [4.69, 9.17) is 0 Å². The number of phenols is 1. The van der Waals surface area contributed by atoms with Crippen LogP contribution in [0.1, 0.15) is 30.6 Å². The molecule has 5 nitrogen and oxygen atoms in total. The quantitative estimate of drug-likeness (QED) is 0.931. The van der Waals surface area contributed by atoms with Gasteiger partial charge in [-0.15, -0.1) is 0 Å². The molecular weight excluding hydrogens is 323 g/mol. The number of fused-ring (bicyclic) bond motifs is 1. The lowest BCUT2D eigenvalue weighted by Crippen LogP contribution is -2.55. The molecule has 3 rings (SSSR count). The average molecular weight is 342 g/mol. The fourth-order valence-corrected chi connectivity index (χ4v) is 3.17. The van der Waals surface area contributed by atoms with Crippen molar-refractivity contribution in [1.82, 2.24) is 0 Å². The second-order valence-electron chi connectivity index (χ2n) is 5.86. The third-order valence-electron chi connectivity index (χ3n) is 4.39. The summed E-state index contributed by atoms with van der Waals surface area (Å²) in [5.41, 5.74) is 1.22. The molecule has 0 fully saturated rings. The molecule has 0 bridgehead atoms. The third-order valence-corrected chi connectivity index (χ3v) is 4.39. The van der Waals surface area contributed by atoms with Gasteiger partial charge in [-0.1, -0.05) is 6.92 Å². The van der Waals surface area contributed by atoms with Gasteiger partial charge in [0.1, 0.15) is 17.6 Å². The van der Waals surface area contributed by atoms with Crippen LogP contribution in [0.15, 0.2) is 42.5 Å². The average Bonchev–Trinajstić information content (AvgIpc) is 2.61. The van der Waals surface area contributed by atoms with Crippen LogP contribution in [0.4, 0.5) is 15.8 Å². The van der Waals surface area contributed by atoms with Gasteiger partial charge in [0.05, 0.1) is 11.4 Å². The van der Waals surface area contributed by atoms with Gasteiger partial charge in [-0.3, -0.25) is 14.5 Å². The maximum Gasteiger partial charge on any atom is 0.259 e. The molecule has 2 amide bonds. The van der Waals surface area contributed by atoms with E-state index in [1.165, 1.54) is 47.4 Å². The lowest BCUT2D eigenvalue weighted by molar-refractivity contribution is -0.120. The molecule has 2 aromatic carbocycles.